The molecule has 1 aromatic heterocycles. The topological polar surface area (TPSA) is 19.6 Å². The van der Waals surface area contributed by atoms with E-state index in [2.05, 4.69) is 223 Å². The minimum atomic E-state index is -0.0199. The van der Waals surface area contributed by atoms with Crippen LogP contribution >= 0.6 is 0 Å². The van der Waals surface area contributed by atoms with Crippen LogP contribution in [-0.4, -0.2) is 6.71 Å². The van der Waals surface area contributed by atoms with Gasteiger partial charge < -0.3 is 14.2 Å². The molecule has 0 saturated heterocycles. The second kappa shape index (κ2) is 14.1. The van der Waals surface area contributed by atoms with Gasteiger partial charge in [0.2, 0.25) is 0 Å². The van der Waals surface area contributed by atoms with Crippen LogP contribution in [0.1, 0.15) is 83.6 Å². The minimum Gasteiger partial charge on any atom is -0.455 e. The molecule has 9 aromatic rings. The Morgan fingerprint density at radius 1 is 0.508 bits per heavy atom. The van der Waals surface area contributed by atoms with Gasteiger partial charge in [0.1, 0.15) is 11.2 Å². The predicted octanol–water partition coefficient (Wildman–Crippen LogP) is 15.0. The van der Waals surface area contributed by atoms with Crippen molar-refractivity contribution in [3.05, 3.63) is 186 Å². The van der Waals surface area contributed by atoms with Gasteiger partial charge in [-0.25, -0.2) is 0 Å². The van der Waals surface area contributed by atoms with E-state index in [1.54, 1.807) is 0 Å². The molecular weight excluding hydrogens is 787 g/mol. The molecular formula is C61H55BN2O. The Hall–Kier alpha value is -6.78. The predicted molar refractivity (Wildman–Crippen MR) is 277 cm³/mol. The van der Waals surface area contributed by atoms with Crippen molar-refractivity contribution in [1.29, 1.82) is 0 Å². The number of rotatable bonds is 4. The molecule has 1 aliphatic carbocycles. The van der Waals surface area contributed by atoms with Gasteiger partial charge in [-0.15, -0.1) is 0 Å². The Morgan fingerprint density at radius 2 is 1.08 bits per heavy atom. The molecule has 12 rings (SSSR count). The van der Waals surface area contributed by atoms with Crippen molar-refractivity contribution in [2.24, 2.45) is 0 Å². The van der Waals surface area contributed by atoms with Crippen LogP contribution in [0.5, 0.6) is 0 Å². The first-order chi connectivity index (χ1) is 31.2. The molecule has 0 fully saturated rings. The summed E-state index contributed by atoms with van der Waals surface area (Å²) in [4.78, 5) is 5.15. The van der Waals surface area contributed by atoms with E-state index in [-0.39, 0.29) is 23.0 Å². The number of para-hydroxylation sites is 2. The third kappa shape index (κ3) is 6.17. The van der Waals surface area contributed by atoms with Gasteiger partial charge >= 0.3 is 0 Å². The summed E-state index contributed by atoms with van der Waals surface area (Å²) in [5.74, 6) is 0. The summed E-state index contributed by atoms with van der Waals surface area (Å²) in [6, 6.07) is 61.5. The molecule has 0 N–H and O–H groups in total. The number of hydrogen-bond donors (Lipinski definition) is 0. The number of benzene rings is 8. The van der Waals surface area contributed by atoms with Gasteiger partial charge in [0.15, 0.2) is 0 Å². The summed E-state index contributed by atoms with van der Waals surface area (Å²) in [6.45, 7) is 19.1. The first kappa shape index (κ1) is 39.8. The lowest BCUT2D eigenvalue weighted by Crippen LogP contribution is -2.62. The van der Waals surface area contributed by atoms with Crippen molar-refractivity contribution < 1.29 is 4.42 Å². The molecule has 3 aliphatic rings. The number of furan rings is 1. The average Bonchev–Trinajstić information content (AvgIpc) is 3.69. The fourth-order valence-corrected chi connectivity index (χ4v) is 11.4. The first-order valence-electron chi connectivity index (χ1n) is 23.5. The number of aryl methyl sites for hydroxylation is 1. The summed E-state index contributed by atoms with van der Waals surface area (Å²) in [5.41, 5.74) is 23.6. The standard InChI is InChI=1S/C61H55BN2O/c1-38-33-54-57-55(34-38)64(44-28-23-41(24-29-44)45-18-14-19-47-46-17-12-13-20-56(46)65-58(45)47)53-37-49-48(60(5,6)31-32-61(49,7)8)36-51(53)62(57)50-30-25-42(59(2,3)4)35-52(50)63(54)43-26-21-40(22-27-43)39-15-10-9-11-16-39/h9-30,33-37H,31-32H2,1-8H3. The Labute approximate surface area is 384 Å². The maximum absolute atomic E-state index is 6.54. The van der Waals surface area contributed by atoms with E-state index < -0.39 is 0 Å². The molecule has 0 spiro atoms. The summed E-state index contributed by atoms with van der Waals surface area (Å²) < 4.78 is 6.54. The van der Waals surface area contributed by atoms with Crippen molar-refractivity contribution in [1.82, 2.24) is 0 Å². The molecule has 318 valence electrons. The molecule has 0 radical (unpaired) electrons. The average molecular weight is 843 g/mol. The van der Waals surface area contributed by atoms with Gasteiger partial charge in [-0.3, -0.25) is 0 Å². The molecule has 65 heavy (non-hydrogen) atoms. The summed E-state index contributed by atoms with van der Waals surface area (Å²) in [6.07, 6.45) is 2.33. The van der Waals surface area contributed by atoms with E-state index in [0.29, 0.717) is 0 Å². The number of hydrogen-bond acceptors (Lipinski definition) is 3. The monoisotopic (exact) mass is 842 g/mol. The van der Waals surface area contributed by atoms with Gasteiger partial charge in [-0.1, -0.05) is 158 Å². The Morgan fingerprint density at radius 3 is 1.74 bits per heavy atom. The maximum atomic E-state index is 6.54. The second-order valence-electron chi connectivity index (χ2n) is 21.3. The van der Waals surface area contributed by atoms with Crippen molar-refractivity contribution in [2.45, 2.75) is 84.5 Å². The second-order valence-corrected chi connectivity index (χ2v) is 21.3. The normalized spacial score (nSPS) is 15.7. The molecule has 0 saturated carbocycles. The summed E-state index contributed by atoms with van der Waals surface area (Å²) in [5, 5.41) is 2.30. The van der Waals surface area contributed by atoms with E-state index in [0.717, 1.165) is 50.9 Å². The zero-order valence-corrected chi connectivity index (χ0v) is 38.9. The highest BCUT2D eigenvalue weighted by Crippen LogP contribution is 2.51. The highest BCUT2D eigenvalue weighted by molar-refractivity contribution is 7.00. The minimum absolute atomic E-state index is 0.0199. The van der Waals surface area contributed by atoms with E-state index in [1.807, 2.05) is 6.07 Å². The van der Waals surface area contributed by atoms with Crippen molar-refractivity contribution in [3.8, 4) is 22.3 Å². The van der Waals surface area contributed by atoms with Crippen LogP contribution in [0.3, 0.4) is 0 Å². The first-order valence-corrected chi connectivity index (χ1v) is 23.5. The third-order valence-corrected chi connectivity index (χ3v) is 15.1. The van der Waals surface area contributed by atoms with E-state index in [4.69, 9.17) is 4.42 Å². The third-order valence-electron chi connectivity index (χ3n) is 15.1. The molecule has 3 heterocycles. The molecule has 8 aromatic carbocycles. The molecule has 2 aliphatic heterocycles. The van der Waals surface area contributed by atoms with E-state index in [1.165, 1.54) is 78.9 Å². The van der Waals surface area contributed by atoms with Crippen LogP contribution in [0, 0.1) is 6.92 Å². The van der Waals surface area contributed by atoms with E-state index in [9.17, 15) is 0 Å². The van der Waals surface area contributed by atoms with Gasteiger partial charge in [-0.2, -0.15) is 0 Å². The highest BCUT2D eigenvalue weighted by Gasteiger charge is 2.46. The van der Waals surface area contributed by atoms with Gasteiger partial charge in [0.05, 0.1) is 0 Å². The van der Waals surface area contributed by atoms with Gasteiger partial charge in [0, 0.05) is 50.5 Å². The van der Waals surface area contributed by atoms with Crippen molar-refractivity contribution >= 4 is 79.2 Å². The molecule has 3 nitrogen and oxygen atoms in total. The van der Waals surface area contributed by atoms with Crippen LogP contribution in [0.25, 0.3) is 44.2 Å². The maximum Gasteiger partial charge on any atom is 0.252 e. The summed E-state index contributed by atoms with van der Waals surface area (Å²) in [7, 11) is 0. The van der Waals surface area contributed by atoms with Crippen LogP contribution in [0.15, 0.2) is 168 Å². The van der Waals surface area contributed by atoms with Gasteiger partial charge in [0.25, 0.3) is 6.71 Å². The molecule has 0 bridgehead atoms. The van der Waals surface area contributed by atoms with E-state index >= 15 is 0 Å². The fourth-order valence-electron chi connectivity index (χ4n) is 11.4. The Balaban J connectivity index is 1.10. The number of anilines is 6. The van der Waals surface area contributed by atoms with Crippen molar-refractivity contribution in [2.75, 3.05) is 9.80 Å². The molecule has 0 unspecified atom stereocenters. The lowest BCUT2D eigenvalue weighted by molar-refractivity contribution is 0.332. The quantitative estimate of drug-likeness (QED) is 0.165. The lowest BCUT2D eigenvalue weighted by atomic mass is 9.33. The number of nitrogens with zero attached hydrogens (tertiary/aromatic N) is 2. The number of fused-ring (bicyclic) bond motifs is 8. The van der Waals surface area contributed by atoms with Crippen LogP contribution < -0.4 is 26.2 Å². The SMILES string of the molecule is Cc1cc2c3c(c1)N(c1ccc(-c4cccc5c4oc4ccccc45)cc1)c1cc4c(cc1B3c1ccc(C(C)(C)C)cc1N2c1ccc(-c2ccccc2)cc1)C(C)(C)CCC4(C)C. The van der Waals surface area contributed by atoms with Gasteiger partial charge in [-0.05, 0) is 146 Å². The largest absolute Gasteiger partial charge is 0.455 e. The highest BCUT2D eigenvalue weighted by atomic mass is 16.3. The summed E-state index contributed by atoms with van der Waals surface area (Å²) >= 11 is 0. The van der Waals surface area contributed by atoms with Crippen LogP contribution in [0.2, 0.25) is 0 Å². The molecule has 4 heteroatoms. The zero-order valence-electron chi connectivity index (χ0n) is 38.9. The smallest absolute Gasteiger partial charge is 0.252 e. The Kier molecular flexibility index (Phi) is 8.64. The van der Waals surface area contributed by atoms with Crippen LogP contribution in [-0.2, 0) is 16.2 Å². The molecule has 0 amide bonds. The van der Waals surface area contributed by atoms with Crippen molar-refractivity contribution in [3.63, 3.8) is 0 Å². The fraction of sp³-hybridized carbons (Fsp3) is 0.213. The molecule has 0 atom stereocenters. The van der Waals surface area contributed by atoms with Crippen LogP contribution in [0.4, 0.5) is 34.1 Å². The zero-order chi connectivity index (χ0) is 44.6. The Bertz CT molecular complexity index is 3370. The lowest BCUT2D eigenvalue weighted by Gasteiger charge is -2.47.